The number of thiazole rings is 1. The van der Waals surface area contributed by atoms with Gasteiger partial charge in [-0.3, -0.25) is 4.79 Å². The molecule has 0 unspecified atom stereocenters. The Morgan fingerprint density at radius 1 is 0.917 bits per heavy atom. The van der Waals surface area contributed by atoms with Crippen LogP contribution in [-0.4, -0.2) is 10.9 Å². The molecule has 3 nitrogen and oxygen atoms in total. The number of aromatic nitrogens is 1. The van der Waals surface area contributed by atoms with Crippen LogP contribution in [0.4, 0.5) is 26.3 Å². The lowest BCUT2D eigenvalue weighted by Crippen LogP contribution is -2.18. The number of carbonyl (C=O) groups is 1. The van der Waals surface area contributed by atoms with E-state index in [0.717, 1.165) is 6.07 Å². The van der Waals surface area contributed by atoms with Crippen LogP contribution in [-0.2, 0) is 0 Å². The lowest BCUT2D eigenvalue weighted by atomic mass is 10.0. The van der Waals surface area contributed by atoms with Gasteiger partial charge in [-0.1, -0.05) is 0 Å². The van der Waals surface area contributed by atoms with Crippen LogP contribution in [0.15, 0.2) is 12.1 Å². The SMILES string of the molecule is NC(=O)c1c(F)c(F)c(F)c(F)c1-c1nc2cc(F)c(F)cc2s1. The van der Waals surface area contributed by atoms with E-state index in [4.69, 9.17) is 5.73 Å². The summed E-state index contributed by atoms with van der Waals surface area (Å²) in [7, 11) is 0. The van der Waals surface area contributed by atoms with E-state index in [1.807, 2.05) is 0 Å². The molecule has 3 rings (SSSR count). The number of primary amides is 1. The highest BCUT2D eigenvalue weighted by Crippen LogP contribution is 2.37. The smallest absolute Gasteiger partial charge is 0.252 e. The summed E-state index contributed by atoms with van der Waals surface area (Å²) in [6.45, 7) is 0. The third-order valence-electron chi connectivity index (χ3n) is 3.16. The number of halogens is 6. The summed E-state index contributed by atoms with van der Waals surface area (Å²) in [5, 5.41) is -0.487. The molecule has 124 valence electrons. The second-order valence-corrected chi connectivity index (χ2v) is 5.65. The Morgan fingerprint density at radius 2 is 1.50 bits per heavy atom. The van der Waals surface area contributed by atoms with Crippen molar-refractivity contribution in [1.82, 2.24) is 4.98 Å². The first kappa shape index (κ1) is 16.2. The fraction of sp³-hybridized carbons (Fsp3) is 0. The molecule has 0 atom stereocenters. The van der Waals surface area contributed by atoms with E-state index in [1.165, 1.54) is 0 Å². The molecule has 2 N–H and O–H groups in total. The van der Waals surface area contributed by atoms with Gasteiger partial charge in [0, 0.05) is 6.07 Å². The van der Waals surface area contributed by atoms with Gasteiger partial charge in [-0.25, -0.2) is 31.3 Å². The molecule has 24 heavy (non-hydrogen) atoms. The van der Waals surface area contributed by atoms with E-state index in [1.54, 1.807) is 0 Å². The first-order chi connectivity index (χ1) is 11.2. The van der Waals surface area contributed by atoms with Gasteiger partial charge in [-0.05, 0) is 6.07 Å². The minimum atomic E-state index is -2.21. The molecule has 0 bridgehead atoms. The Balaban J connectivity index is 2.39. The van der Waals surface area contributed by atoms with E-state index in [0.29, 0.717) is 17.4 Å². The molecule has 0 spiro atoms. The topological polar surface area (TPSA) is 56.0 Å². The maximum atomic E-state index is 14.1. The fourth-order valence-corrected chi connectivity index (χ4v) is 3.11. The highest BCUT2D eigenvalue weighted by molar-refractivity contribution is 7.21. The third kappa shape index (κ3) is 2.30. The van der Waals surface area contributed by atoms with Gasteiger partial charge in [0.15, 0.2) is 34.9 Å². The van der Waals surface area contributed by atoms with Gasteiger partial charge in [0.25, 0.3) is 5.91 Å². The number of nitrogens with two attached hydrogens (primary N) is 1. The minimum absolute atomic E-state index is 0.0175. The maximum Gasteiger partial charge on any atom is 0.252 e. The van der Waals surface area contributed by atoms with Crippen LogP contribution in [0.3, 0.4) is 0 Å². The molecular weight excluding hydrogens is 358 g/mol. The number of amides is 1. The number of rotatable bonds is 2. The van der Waals surface area contributed by atoms with Gasteiger partial charge in [-0.2, -0.15) is 0 Å². The van der Waals surface area contributed by atoms with Crippen molar-refractivity contribution in [2.75, 3.05) is 0 Å². The summed E-state index contributed by atoms with van der Waals surface area (Å²) in [6, 6.07) is 1.42. The summed E-state index contributed by atoms with van der Waals surface area (Å²) >= 11 is 0.521. The number of fused-ring (bicyclic) bond motifs is 1. The largest absolute Gasteiger partial charge is 0.365 e. The number of nitrogens with zero attached hydrogens (tertiary/aromatic N) is 1. The normalized spacial score (nSPS) is 11.2. The maximum absolute atomic E-state index is 14.1. The van der Waals surface area contributed by atoms with Crippen LogP contribution in [0.1, 0.15) is 10.4 Å². The van der Waals surface area contributed by atoms with Gasteiger partial charge in [0.05, 0.1) is 21.3 Å². The summed E-state index contributed by atoms with van der Waals surface area (Å²) in [4.78, 5) is 15.0. The van der Waals surface area contributed by atoms with Crippen molar-refractivity contribution < 1.29 is 31.1 Å². The summed E-state index contributed by atoms with van der Waals surface area (Å²) in [5.41, 5.74) is 2.50. The molecule has 0 saturated heterocycles. The number of benzene rings is 2. The number of hydrogen-bond acceptors (Lipinski definition) is 3. The third-order valence-corrected chi connectivity index (χ3v) is 4.19. The molecule has 0 aliphatic heterocycles. The standard InChI is InChI=1S/C14H4F6N2OS/c15-3-1-5-6(2-4(3)16)24-14(22-5)8-7(13(21)23)9(17)11(19)12(20)10(8)18/h1-2H,(H2,21,23). The predicted octanol–water partition coefficient (Wildman–Crippen LogP) is 3.90. The first-order valence-electron chi connectivity index (χ1n) is 6.14. The van der Waals surface area contributed by atoms with Crippen LogP contribution in [0.25, 0.3) is 20.8 Å². The van der Waals surface area contributed by atoms with Gasteiger partial charge in [-0.15, -0.1) is 11.3 Å². The van der Waals surface area contributed by atoms with Crippen molar-refractivity contribution in [3.63, 3.8) is 0 Å². The molecule has 0 radical (unpaired) electrons. The van der Waals surface area contributed by atoms with E-state index < -0.39 is 56.9 Å². The van der Waals surface area contributed by atoms with Crippen molar-refractivity contribution in [2.24, 2.45) is 5.73 Å². The molecule has 0 aliphatic carbocycles. The van der Waals surface area contributed by atoms with Crippen LogP contribution < -0.4 is 5.73 Å². The Kier molecular flexibility index (Phi) is 3.71. The van der Waals surface area contributed by atoms with Crippen LogP contribution >= 0.6 is 11.3 Å². The van der Waals surface area contributed by atoms with Crippen molar-refractivity contribution in [3.8, 4) is 10.6 Å². The molecule has 1 amide bonds. The van der Waals surface area contributed by atoms with Crippen LogP contribution in [0.5, 0.6) is 0 Å². The van der Waals surface area contributed by atoms with Crippen molar-refractivity contribution >= 4 is 27.5 Å². The van der Waals surface area contributed by atoms with Gasteiger partial charge in [0.1, 0.15) is 5.01 Å². The van der Waals surface area contributed by atoms with Gasteiger partial charge in [0.2, 0.25) is 0 Å². The van der Waals surface area contributed by atoms with E-state index in [2.05, 4.69) is 4.98 Å². The quantitative estimate of drug-likeness (QED) is 0.427. The molecular formula is C14H4F6N2OS. The average Bonchev–Trinajstić information content (AvgIpc) is 2.90. The fourth-order valence-electron chi connectivity index (χ4n) is 2.09. The number of hydrogen-bond donors (Lipinski definition) is 1. The van der Waals surface area contributed by atoms with E-state index >= 15 is 0 Å². The van der Waals surface area contributed by atoms with Gasteiger partial charge < -0.3 is 5.73 Å². The van der Waals surface area contributed by atoms with Crippen molar-refractivity contribution in [3.05, 3.63) is 52.6 Å². The molecule has 0 fully saturated rings. The zero-order chi connectivity index (χ0) is 17.8. The van der Waals surface area contributed by atoms with Crippen molar-refractivity contribution in [2.45, 2.75) is 0 Å². The Morgan fingerprint density at radius 3 is 2.12 bits per heavy atom. The number of carbonyl (C=O) groups excluding carboxylic acids is 1. The second kappa shape index (κ2) is 5.48. The summed E-state index contributed by atoms with van der Waals surface area (Å²) in [6.07, 6.45) is 0. The molecule has 0 saturated carbocycles. The molecule has 1 aromatic heterocycles. The molecule has 2 aromatic carbocycles. The highest BCUT2D eigenvalue weighted by Gasteiger charge is 2.30. The Bertz CT molecular complexity index is 978. The monoisotopic (exact) mass is 362 g/mol. The summed E-state index contributed by atoms with van der Waals surface area (Å²) in [5.74, 6) is -12.3. The van der Waals surface area contributed by atoms with Crippen LogP contribution in [0.2, 0.25) is 0 Å². The zero-order valence-electron chi connectivity index (χ0n) is 11.3. The Labute approximate surface area is 133 Å². The van der Waals surface area contributed by atoms with E-state index in [9.17, 15) is 31.1 Å². The Hall–Kier alpha value is -2.62. The predicted molar refractivity (Wildman–Crippen MR) is 73.3 cm³/mol. The summed E-state index contributed by atoms with van der Waals surface area (Å²) < 4.78 is 81.1. The average molecular weight is 362 g/mol. The first-order valence-corrected chi connectivity index (χ1v) is 6.95. The molecule has 10 heteroatoms. The van der Waals surface area contributed by atoms with E-state index in [-0.39, 0.29) is 10.2 Å². The second-order valence-electron chi connectivity index (χ2n) is 4.62. The lowest BCUT2D eigenvalue weighted by molar-refractivity contribution is 0.0995. The minimum Gasteiger partial charge on any atom is -0.365 e. The molecule has 3 aromatic rings. The highest BCUT2D eigenvalue weighted by atomic mass is 32.1. The van der Waals surface area contributed by atoms with Crippen LogP contribution in [0, 0.1) is 34.9 Å². The lowest BCUT2D eigenvalue weighted by Gasteiger charge is -2.08. The molecule has 0 aliphatic rings. The van der Waals surface area contributed by atoms with Gasteiger partial charge >= 0.3 is 0 Å². The zero-order valence-corrected chi connectivity index (χ0v) is 12.1. The molecule has 1 heterocycles. The van der Waals surface area contributed by atoms with Crippen molar-refractivity contribution in [1.29, 1.82) is 0 Å².